The molecular weight excluding hydrogens is 554 g/mol. The van der Waals surface area contributed by atoms with Gasteiger partial charge in [-0.2, -0.15) is 0 Å². The number of methoxy groups -OCH3 is 2. The molecule has 0 amide bonds. The fourth-order valence-corrected chi connectivity index (χ4v) is 5.47. The van der Waals surface area contributed by atoms with Crippen molar-refractivity contribution in [3.8, 4) is 22.9 Å². The quantitative estimate of drug-likeness (QED) is 0.200. The zero-order chi connectivity index (χ0) is 30.9. The van der Waals surface area contributed by atoms with Crippen LogP contribution in [0.15, 0.2) is 72.8 Å². The van der Waals surface area contributed by atoms with Gasteiger partial charge >= 0.3 is 0 Å². The van der Waals surface area contributed by atoms with E-state index >= 15 is 0 Å². The fraction of sp³-hybridized carbons (Fsp3) is 0.361. The van der Waals surface area contributed by atoms with E-state index in [0.29, 0.717) is 32.3 Å². The van der Waals surface area contributed by atoms with Crippen LogP contribution in [-0.4, -0.2) is 69.9 Å². The number of benzene rings is 3. The Labute approximate surface area is 260 Å². The van der Waals surface area contributed by atoms with E-state index in [1.807, 2.05) is 30.3 Å². The average Bonchev–Trinajstić information content (AvgIpc) is 3.06. The van der Waals surface area contributed by atoms with Crippen molar-refractivity contribution in [3.63, 3.8) is 0 Å². The van der Waals surface area contributed by atoms with Gasteiger partial charge in [0.25, 0.3) is 0 Å². The summed E-state index contributed by atoms with van der Waals surface area (Å²) < 4.78 is 22.4. The number of aliphatic hydroxyl groups is 1. The summed E-state index contributed by atoms with van der Waals surface area (Å²) in [4.78, 5) is 7.33. The Kier molecular flexibility index (Phi) is 10.7. The van der Waals surface area contributed by atoms with Gasteiger partial charge in [-0.1, -0.05) is 36.4 Å². The van der Waals surface area contributed by atoms with Crippen LogP contribution in [0, 0.1) is 13.8 Å². The minimum Gasteiger partial charge on any atom is -0.497 e. The van der Waals surface area contributed by atoms with E-state index in [0.717, 1.165) is 53.5 Å². The molecule has 0 radical (unpaired) electrons. The number of nitrogens with one attached hydrogen (secondary N) is 1. The molecule has 2 heterocycles. The van der Waals surface area contributed by atoms with Crippen molar-refractivity contribution in [1.29, 1.82) is 0 Å². The molecule has 4 aromatic rings. The number of morpholine rings is 1. The standard InChI is InChI=1S/C36H43N3O5/c1-25-8-11-30(37-31(22-40)24-41-3)19-29(25)18-28-6-5-7-34(26(28)2)35-20-32(39-14-16-43-17-15-39)21-36(38-35)44-23-27-9-12-33(42-4)13-10-27/h5-13,19-21,31,37,40H,14-18,22-24H2,1-4H3. The van der Waals surface area contributed by atoms with Gasteiger partial charge in [0.1, 0.15) is 12.4 Å². The fourth-order valence-electron chi connectivity index (χ4n) is 5.47. The lowest BCUT2D eigenvalue weighted by atomic mass is 9.93. The number of hydrogen-bond donors (Lipinski definition) is 2. The van der Waals surface area contributed by atoms with Gasteiger partial charge in [0, 0.05) is 43.2 Å². The highest BCUT2D eigenvalue weighted by Crippen LogP contribution is 2.32. The maximum Gasteiger partial charge on any atom is 0.216 e. The predicted molar refractivity (Wildman–Crippen MR) is 175 cm³/mol. The molecule has 1 aliphatic heterocycles. The average molecular weight is 598 g/mol. The molecule has 44 heavy (non-hydrogen) atoms. The number of anilines is 2. The second-order valence-electron chi connectivity index (χ2n) is 11.2. The Morgan fingerprint density at radius 1 is 0.955 bits per heavy atom. The van der Waals surface area contributed by atoms with Gasteiger partial charge in [-0.3, -0.25) is 0 Å². The molecule has 8 nitrogen and oxygen atoms in total. The smallest absolute Gasteiger partial charge is 0.216 e. The van der Waals surface area contributed by atoms with Gasteiger partial charge in [0.05, 0.1) is 45.3 Å². The highest BCUT2D eigenvalue weighted by Gasteiger charge is 2.17. The van der Waals surface area contributed by atoms with Crippen LogP contribution in [0.25, 0.3) is 11.3 Å². The molecule has 1 aromatic heterocycles. The van der Waals surface area contributed by atoms with Crippen LogP contribution < -0.4 is 19.7 Å². The summed E-state index contributed by atoms with van der Waals surface area (Å²) in [5.74, 6) is 1.41. The molecule has 0 bridgehead atoms. The van der Waals surface area contributed by atoms with E-state index in [4.69, 9.17) is 23.9 Å². The van der Waals surface area contributed by atoms with Crippen LogP contribution in [0.5, 0.6) is 11.6 Å². The largest absolute Gasteiger partial charge is 0.497 e. The third kappa shape index (κ3) is 7.88. The molecular formula is C36H43N3O5. The minimum absolute atomic E-state index is 0.000515. The number of aliphatic hydroxyl groups excluding tert-OH is 1. The van der Waals surface area contributed by atoms with E-state index in [1.54, 1.807) is 14.2 Å². The number of aromatic nitrogens is 1. The highest BCUT2D eigenvalue weighted by atomic mass is 16.5. The molecule has 232 valence electrons. The third-order valence-corrected chi connectivity index (χ3v) is 8.12. The second-order valence-corrected chi connectivity index (χ2v) is 11.2. The lowest BCUT2D eigenvalue weighted by Crippen LogP contribution is -2.36. The molecule has 3 aromatic carbocycles. The van der Waals surface area contributed by atoms with Crippen molar-refractivity contribution in [3.05, 3.63) is 101 Å². The van der Waals surface area contributed by atoms with Crippen molar-refractivity contribution in [2.24, 2.45) is 0 Å². The number of nitrogens with zero attached hydrogens (tertiary/aromatic N) is 2. The van der Waals surface area contributed by atoms with Gasteiger partial charge in [0.15, 0.2) is 0 Å². The Hall–Kier alpha value is -4.11. The molecule has 1 fully saturated rings. The number of rotatable bonds is 13. The van der Waals surface area contributed by atoms with Crippen LogP contribution in [0.3, 0.4) is 0 Å². The van der Waals surface area contributed by atoms with E-state index in [-0.39, 0.29) is 12.6 Å². The SMILES string of the molecule is COCC(CO)Nc1ccc(C)c(Cc2cccc(-c3cc(N4CCOCC4)cc(OCc4ccc(OC)cc4)n3)c2C)c1. The summed E-state index contributed by atoms with van der Waals surface area (Å²) in [5, 5.41) is 13.1. The summed E-state index contributed by atoms with van der Waals surface area (Å²) in [5.41, 5.74) is 9.92. The van der Waals surface area contributed by atoms with Crippen LogP contribution in [-0.2, 0) is 22.5 Å². The third-order valence-electron chi connectivity index (χ3n) is 8.12. The van der Waals surface area contributed by atoms with E-state index < -0.39 is 0 Å². The van der Waals surface area contributed by atoms with Crippen LogP contribution >= 0.6 is 0 Å². The first-order valence-electron chi connectivity index (χ1n) is 15.1. The molecule has 0 aliphatic carbocycles. The Morgan fingerprint density at radius 2 is 1.75 bits per heavy atom. The molecule has 0 saturated carbocycles. The van der Waals surface area contributed by atoms with Crippen molar-refractivity contribution in [2.45, 2.75) is 32.9 Å². The molecule has 1 unspecified atom stereocenters. The number of aryl methyl sites for hydroxylation is 1. The molecule has 8 heteroatoms. The lowest BCUT2D eigenvalue weighted by molar-refractivity contribution is 0.122. The normalized spacial score (nSPS) is 13.9. The molecule has 0 spiro atoms. The summed E-state index contributed by atoms with van der Waals surface area (Å²) in [6, 6.07) is 24.7. The Morgan fingerprint density at radius 3 is 2.48 bits per heavy atom. The Balaban J connectivity index is 1.43. The van der Waals surface area contributed by atoms with Gasteiger partial charge in [-0.15, -0.1) is 0 Å². The first-order chi connectivity index (χ1) is 21.5. The number of hydrogen-bond acceptors (Lipinski definition) is 8. The topological polar surface area (TPSA) is 85.3 Å². The van der Waals surface area contributed by atoms with Gasteiger partial charge in [-0.05, 0) is 78.4 Å². The van der Waals surface area contributed by atoms with Crippen molar-refractivity contribution in [2.75, 3.05) is 64.0 Å². The maximum absolute atomic E-state index is 9.71. The lowest BCUT2D eigenvalue weighted by Gasteiger charge is -2.29. The first-order valence-corrected chi connectivity index (χ1v) is 15.1. The second kappa shape index (κ2) is 15.1. The van der Waals surface area contributed by atoms with Gasteiger partial charge < -0.3 is 34.3 Å². The number of ether oxygens (including phenoxy) is 4. The summed E-state index contributed by atoms with van der Waals surface area (Å²) >= 11 is 0. The molecule has 5 rings (SSSR count). The molecule has 2 N–H and O–H groups in total. The van der Waals surface area contributed by atoms with Crippen molar-refractivity contribution in [1.82, 2.24) is 4.98 Å². The zero-order valence-electron chi connectivity index (χ0n) is 26.1. The first kappa shape index (κ1) is 31.3. The number of pyridine rings is 1. The van der Waals surface area contributed by atoms with E-state index in [9.17, 15) is 5.11 Å². The van der Waals surface area contributed by atoms with Crippen molar-refractivity contribution >= 4 is 11.4 Å². The molecule has 1 atom stereocenters. The predicted octanol–water partition coefficient (Wildman–Crippen LogP) is 5.80. The van der Waals surface area contributed by atoms with Crippen LogP contribution in [0.2, 0.25) is 0 Å². The maximum atomic E-state index is 9.71. The Bertz CT molecular complexity index is 1520. The monoisotopic (exact) mass is 597 g/mol. The molecule has 1 aliphatic rings. The van der Waals surface area contributed by atoms with Gasteiger partial charge in [-0.25, -0.2) is 4.98 Å². The minimum atomic E-state index is -0.161. The summed E-state index contributed by atoms with van der Waals surface area (Å²) in [6.07, 6.45) is 0.777. The summed E-state index contributed by atoms with van der Waals surface area (Å²) in [6.45, 7) is 8.20. The van der Waals surface area contributed by atoms with E-state index in [2.05, 4.69) is 66.5 Å². The zero-order valence-corrected chi connectivity index (χ0v) is 26.1. The van der Waals surface area contributed by atoms with Crippen LogP contribution in [0.1, 0.15) is 27.8 Å². The van der Waals surface area contributed by atoms with E-state index in [1.165, 1.54) is 22.3 Å². The highest BCUT2D eigenvalue weighted by molar-refractivity contribution is 5.70. The van der Waals surface area contributed by atoms with Crippen LogP contribution in [0.4, 0.5) is 11.4 Å². The van der Waals surface area contributed by atoms with Gasteiger partial charge in [0.2, 0.25) is 5.88 Å². The summed E-state index contributed by atoms with van der Waals surface area (Å²) in [7, 11) is 3.31. The molecule has 1 saturated heterocycles. The van der Waals surface area contributed by atoms with Crippen molar-refractivity contribution < 1.29 is 24.1 Å².